The summed E-state index contributed by atoms with van der Waals surface area (Å²) >= 11 is 0. The fraction of sp³-hybridized carbons (Fsp3) is 0.207. The molecule has 0 saturated carbocycles. The van der Waals surface area contributed by atoms with Crippen LogP contribution in [0.25, 0.3) is 56.1 Å². The predicted molar refractivity (Wildman–Crippen MR) is 145 cm³/mol. The number of benzene rings is 1. The number of likely N-dealkylation sites (tertiary alicyclic amines) is 1. The zero-order valence-electron chi connectivity index (χ0n) is 21.1. The largest absolute Gasteiger partial charge is 0.336 e. The highest BCUT2D eigenvalue weighted by atomic mass is 19.3. The Labute approximate surface area is 222 Å². The first-order valence-electron chi connectivity index (χ1n) is 12.7. The molecule has 39 heavy (non-hydrogen) atoms. The summed E-state index contributed by atoms with van der Waals surface area (Å²) in [6.07, 6.45) is 5.11. The predicted octanol–water partition coefficient (Wildman–Crippen LogP) is 5.77. The minimum Gasteiger partial charge on any atom is -0.336 e. The van der Waals surface area contributed by atoms with Gasteiger partial charge >= 0.3 is 0 Å². The normalized spacial score (nSPS) is 15.5. The van der Waals surface area contributed by atoms with Gasteiger partial charge in [0.2, 0.25) is 0 Å². The van der Waals surface area contributed by atoms with Crippen molar-refractivity contribution in [2.45, 2.75) is 25.8 Å². The summed E-state index contributed by atoms with van der Waals surface area (Å²) < 4.78 is 27.3. The van der Waals surface area contributed by atoms with Gasteiger partial charge in [-0.05, 0) is 42.8 Å². The summed E-state index contributed by atoms with van der Waals surface area (Å²) in [5.74, 6) is -2.03. The van der Waals surface area contributed by atoms with E-state index in [9.17, 15) is 8.78 Å². The van der Waals surface area contributed by atoms with E-state index in [4.69, 9.17) is 9.97 Å². The van der Waals surface area contributed by atoms with Crippen LogP contribution in [0.5, 0.6) is 0 Å². The maximum Gasteiger partial charge on any atom is 0.261 e. The molecule has 0 amide bonds. The number of aryl methyl sites for hydroxylation is 1. The number of nitrogens with zero attached hydrogens (tertiary/aromatic N) is 6. The topological polar surface area (TPSA) is 99.3 Å². The van der Waals surface area contributed by atoms with Gasteiger partial charge in [0.05, 0.1) is 29.0 Å². The Kier molecular flexibility index (Phi) is 5.44. The lowest BCUT2D eigenvalue weighted by atomic mass is 10.1. The fourth-order valence-corrected chi connectivity index (χ4v) is 5.19. The maximum atomic E-state index is 13.6. The van der Waals surface area contributed by atoms with E-state index in [0.717, 1.165) is 44.5 Å². The van der Waals surface area contributed by atoms with Crippen LogP contribution in [0.15, 0.2) is 67.1 Å². The lowest BCUT2D eigenvalue weighted by Crippen LogP contribution is -2.24. The molecule has 1 aliphatic heterocycles. The number of rotatable bonds is 5. The van der Waals surface area contributed by atoms with Gasteiger partial charge in [-0.15, -0.1) is 0 Å². The van der Waals surface area contributed by atoms with E-state index in [1.165, 1.54) is 0 Å². The molecule has 1 aromatic carbocycles. The molecule has 2 N–H and O–H groups in total. The average Bonchev–Trinajstić information content (AvgIpc) is 3.64. The van der Waals surface area contributed by atoms with E-state index in [1.807, 2.05) is 36.4 Å². The van der Waals surface area contributed by atoms with Gasteiger partial charge in [0.15, 0.2) is 11.5 Å². The average molecular weight is 523 g/mol. The summed E-state index contributed by atoms with van der Waals surface area (Å²) in [6, 6.07) is 15.8. The third kappa shape index (κ3) is 4.42. The molecule has 1 saturated heterocycles. The van der Waals surface area contributed by atoms with Crippen LogP contribution in [0, 0.1) is 6.92 Å². The quantitative estimate of drug-likeness (QED) is 0.298. The number of halogens is 2. The molecule has 6 aromatic rings. The minimum absolute atomic E-state index is 0.105. The van der Waals surface area contributed by atoms with Crippen LogP contribution in [0.4, 0.5) is 8.78 Å². The first-order valence-corrected chi connectivity index (χ1v) is 12.7. The SMILES string of the molecule is Cc1cccc(-c2nccc3[nH]c(-c4n[nH]c5ccc(-c6cncc(CN7CCC(F)(F)C7)c6)nc45)nc23)c1. The summed E-state index contributed by atoms with van der Waals surface area (Å²) in [5, 5.41) is 7.57. The van der Waals surface area contributed by atoms with Crippen molar-refractivity contribution in [3.8, 4) is 34.0 Å². The third-order valence-electron chi connectivity index (χ3n) is 7.07. The second kappa shape index (κ2) is 9.02. The molecule has 6 heterocycles. The number of alkyl halides is 2. The van der Waals surface area contributed by atoms with Crippen molar-refractivity contribution >= 4 is 22.1 Å². The van der Waals surface area contributed by atoms with Crippen LogP contribution in [-0.4, -0.2) is 59.0 Å². The van der Waals surface area contributed by atoms with Crippen molar-refractivity contribution in [3.63, 3.8) is 0 Å². The number of imidazole rings is 1. The molecule has 7 rings (SSSR count). The summed E-state index contributed by atoms with van der Waals surface area (Å²) in [5.41, 5.74) is 8.98. The van der Waals surface area contributed by atoms with Crippen molar-refractivity contribution < 1.29 is 8.78 Å². The molecule has 194 valence electrons. The highest BCUT2D eigenvalue weighted by Crippen LogP contribution is 2.32. The number of hydrogen-bond donors (Lipinski definition) is 2. The minimum atomic E-state index is -2.62. The first-order chi connectivity index (χ1) is 18.9. The molecule has 0 spiro atoms. The Morgan fingerprint density at radius 2 is 1.85 bits per heavy atom. The number of nitrogens with one attached hydrogen (secondary N) is 2. The van der Waals surface area contributed by atoms with Crippen LogP contribution in [0.1, 0.15) is 17.5 Å². The highest BCUT2D eigenvalue weighted by Gasteiger charge is 2.37. The fourth-order valence-electron chi connectivity index (χ4n) is 5.19. The zero-order valence-corrected chi connectivity index (χ0v) is 21.1. The van der Waals surface area contributed by atoms with Crippen molar-refractivity contribution in [1.82, 2.24) is 40.0 Å². The van der Waals surface area contributed by atoms with Gasteiger partial charge in [-0.2, -0.15) is 5.10 Å². The van der Waals surface area contributed by atoms with Crippen molar-refractivity contribution in [3.05, 3.63) is 78.2 Å². The Morgan fingerprint density at radius 3 is 2.69 bits per heavy atom. The number of hydrogen-bond acceptors (Lipinski definition) is 6. The Balaban J connectivity index is 1.25. The molecular weight excluding hydrogens is 498 g/mol. The van der Waals surface area contributed by atoms with E-state index in [-0.39, 0.29) is 13.0 Å². The molecule has 1 aliphatic rings. The van der Waals surface area contributed by atoms with Crippen LogP contribution in [0.3, 0.4) is 0 Å². The van der Waals surface area contributed by atoms with Crippen LogP contribution < -0.4 is 0 Å². The standard InChI is InChI=1S/C29H24F2N8/c1-17-3-2-4-19(11-17)24-25-22(7-9-33-24)35-28(36-25)27-26-23(37-38-27)6-5-21(34-26)20-12-18(13-32-14-20)15-39-10-8-29(30,31)16-39/h2-7,9,11-14H,8,10,15-16H2,1H3,(H,35,36)(H,37,38). The lowest BCUT2D eigenvalue weighted by molar-refractivity contribution is 0.0115. The molecule has 0 atom stereocenters. The number of aromatic amines is 2. The highest BCUT2D eigenvalue weighted by molar-refractivity contribution is 5.95. The third-order valence-corrected chi connectivity index (χ3v) is 7.07. The Hall–Kier alpha value is -4.57. The van der Waals surface area contributed by atoms with Crippen LogP contribution >= 0.6 is 0 Å². The van der Waals surface area contributed by atoms with E-state index >= 15 is 0 Å². The monoisotopic (exact) mass is 522 g/mol. The zero-order chi connectivity index (χ0) is 26.6. The van der Waals surface area contributed by atoms with Gasteiger partial charge in [0.25, 0.3) is 5.92 Å². The molecule has 0 unspecified atom stereocenters. The van der Waals surface area contributed by atoms with Crippen molar-refractivity contribution in [1.29, 1.82) is 0 Å². The number of pyridine rings is 3. The molecule has 5 aromatic heterocycles. The van der Waals surface area contributed by atoms with Crippen LogP contribution in [0.2, 0.25) is 0 Å². The van der Waals surface area contributed by atoms with Gasteiger partial charge in [0.1, 0.15) is 11.0 Å². The van der Waals surface area contributed by atoms with Gasteiger partial charge in [-0.25, -0.2) is 18.7 Å². The summed E-state index contributed by atoms with van der Waals surface area (Å²) in [7, 11) is 0. The summed E-state index contributed by atoms with van der Waals surface area (Å²) in [6.45, 7) is 2.62. The van der Waals surface area contributed by atoms with E-state index in [0.29, 0.717) is 35.8 Å². The lowest BCUT2D eigenvalue weighted by Gasteiger charge is -2.15. The first kappa shape index (κ1) is 23.5. The summed E-state index contributed by atoms with van der Waals surface area (Å²) in [4.78, 5) is 23.9. The second-order valence-electron chi connectivity index (χ2n) is 10.1. The number of fused-ring (bicyclic) bond motifs is 2. The van der Waals surface area contributed by atoms with Crippen molar-refractivity contribution in [2.24, 2.45) is 0 Å². The van der Waals surface area contributed by atoms with Crippen molar-refractivity contribution in [2.75, 3.05) is 13.1 Å². The molecule has 0 aliphatic carbocycles. The Morgan fingerprint density at radius 1 is 0.949 bits per heavy atom. The molecule has 8 nitrogen and oxygen atoms in total. The van der Waals surface area contributed by atoms with Gasteiger partial charge in [0, 0.05) is 49.2 Å². The number of H-pyrrole nitrogens is 2. The van der Waals surface area contributed by atoms with Crippen LogP contribution in [-0.2, 0) is 6.54 Å². The molecule has 10 heteroatoms. The molecule has 0 bridgehead atoms. The second-order valence-corrected chi connectivity index (χ2v) is 10.1. The van der Waals surface area contributed by atoms with Gasteiger partial charge in [-0.3, -0.25) is 20.0 Å². The van der Waals surface area contributed by atoms with E-state index < -0.39 is 5.92 Å². The smallest absolute Gasteiger partial charge is 0.261 e. The van der Waals surface area contributed by atoms with E-state index in [2.05, 4.69) is 44.2 Å². The number of aromatic nitrogens is 7. The van der Waals surface area contributed by atoms with E-state index in [1.54, 1.807) is 23.5 Å². The Bertz CT molecular complexity index is 1840. The maximum absolute atomic E-state index is 13.6. The molecule has 0 radical (unpaired) electrons. The van der Waals surface area contributed by atoms with Gasteiger partial charge < -0.3 is 4.98 Å². The molecular formula is C29H24F2N8. The molecule has 1 fully saturated rings. The van der Waals surface area contributed by atoms with Gasteiger partial charge in [-0.1, -0.05) is 23.8 Å².